The predicted octanol–water partition coefficient (Wildman–Crippen LogP) is 4.35. The van der Waals surface area contributed by atoms with Crippen LogP contribution in [0.5, 0.6) is 0 Å². The van der Waals surface area contributed by atoms with Gasteiger partial charge in [-0.2, -0.15) is 13.2 Å². The minimum atomic E-state index is -4.10. The minimum Gasteiger partial charge on any atom is -0.372 e. The van der Waals surface area contributed by atoms with Crippen molar-refractivity contribution < 1.29 is 22.8 Å². The van der Waals surface area contributed by atoms with Crippen LogP contribution in [0.4, 0.5) is 30.2 Å². The van der Waals surface area contributed by atoms with Crippen LogP contribution >= 0.6 is 0 Å². The van der Waals surface area contributed by atoms with Gasteiger partial charge in [-0.05, 0) is 61.2 Å². The highest BCUT2D eigenvalue weighted by molar-refractivity contribution is 5.83. The first-order valence-corrected chi connectivity index (χ1v) is 11.6. The lowest BCUT2D eigenvalue weighted by molar-refractivity contribution is -0.179. The summed E-state index contributed by atoms with van der Waals surface area (Å²) in [5.41, 5.74) is 3.67. The fourth-order valence-electron chi connectivity index (χ4n) is 4.38. The molecule has 1 atom stereocenters. The average molecular weight is 475 g/mol. The molecule has 4 rings (SSSR count). The van der Waals surface area contributed by atoms with Crippen molar-refractivity contribution in [2.24, 2.45) is 11.8 Å². The van der Waals surface area contributed by atoms with Crippen LogP contribution in [0.3, 0.4) is 0 Å². The summed E-state index contributed by atoms with van der Waals surface area (Å²) in [6.45, 7) is 1.62. The van der Waals surface area contributed by atoms with Gasteiger partial charge in [0.25, 0.3) is 0 Å². The van der Waals surface area contributed by atoms with Crippen molar-refractivity contribution in [3.8, 4) is 0 Å². The molecule has 9 heteroatoms. The summed E-state index contributed by atoms with van der Waals surface area (Å²) < 4.78 is 38.6. The Kier molecular flexibility index (Phi) is 7.29. The van der Waals surface area contributed by atoms with Gasteiger partial charge in [0.05, 0.1) is 11.8 Å². The molecule has 2 amide bonds. The van der Waals surface area contributed by atoms with E-state index in [0.29, 0.717) is 39.0 Å². The second-order valence-electron chi connectivity index (χ2n) is 8.93. The first-order chi connectivity index (χ1) is 16.3. The third kappa shape index (κ3) is 6.21. The summed E-state index contributed by atoms with van der Waals surface area (Å²) >= 11 is 0. The second-order valence-corrected chi connectivity index (χ2v) is 8.93. The van der Waals surface area contributed by atoms with E-state index in [2.05, 4.69) is 16.0 Å². The number of rotatable bonds is 6. The Morgan fingerprint density at radius 2 is 1.59 bits per heavy atom. The SMILES string of the molecule is O=C1CCC(C(=O)NCc2ccc(Nc3ccc(N4CCC(C(F)(F)F)CC4)cc3)cc2)CN1. The van der Waals surface area contributed by atoms with Gasteiger partial charge >= 0.3 is 6.18 Å². The molecule has 0 aliphatic carbocycles. The molecule has 2 heterocycles. The number of halogens is 3. The number of hydrogen-bond donors (Lipinski definition) is 3. The average Bonchev–Trinajstić information content (AvgIpc) is 2.84. The molecule has 2 aliphatic heterocycles. The maximum absolute atomic E-state index is 12.9. The van der Waals surface area contributed by atoms with Crippen LogP contribution in [0.1, 0.15) is 31.2 Å². The van der Waals surface area contributed by atoms with Crippen LogP contribution in [-0.2, 0) is 16.1 Å². The first-order valence-electron chi connectivity index (χ1n) is 11.6. The van der Waals surface area contributed by atoms with E-state index in [1.807, 2.05) is 53.4 Å². The summed E-state index contributed by atoms with van der Waals surface area (Å²) in [6.07, 6.45) is -2.88. The number of carbonyl (C=O) groups excluding carboxylic acids is 2. The van der Waals surface area contributed by atoms with Gasteiger partial charge in [-0.25, -0.2) is 0 Å². The highest BCUT2D eigenvalue weighted by atomic mass is 19.4. The highest BCUT2D eigenvalue weighted by Gasteiger charge is 2.41. The van der Waals surface area contributed by atoms with E-state index in [9.17, 15) is 22.8 Å². The Labute approximate surface area is 196 Å². The number of benzene rings is 2. The van der Waals surface area contributed by atoms with E-state index in [-0.39, 0.29) is 30.6 Å². The van der Waals surface area contributed by atoms with Gasteiger partial charge in [0.2, 0.25) is 11.8 Å². The molecule has 0 saturated carbocycles. The largest absolute Gasteiger partial charge is 0.391 e. The zero-order valence-corrected chi connectivity index (χ0v) is 18.8. The molecular weight excluding hydrogens is 445 g/mol. The molecule has 2 aliphatic rings. The molecule has 6 nitrogen and oxygen atoms in total. The quantitative estimate of drug-likeness (QED) is 0.582. The highest BCUT2D eigenvalue weighted by Crippen LogP contribution is 2.35. The molecule has 0 radical (unpaired) electrons. The maximum Gasteiger partial charge on any atom is 0.391 e. The van der Waals surface area contributed by atoms with Gasteiger partial charge < -0.3 is 20.9 Å². The van der Waals surface area contributed by atoms with E-state index < -0.39 is 12.1 Å². The Hall–Kier alpha value is -3.23. The fraction of sp³-hybridized carbons (Fsp3) is 0.440. The zero-order chi connectivity index (χ0) is 24.1. The van der Waals surface area contributed by atoms with Crippen LogP contribution in [0.15, 0.2) is 48.5 Å². The third-order valence-electron chi connectivity index (χ3n) is 6.54. The van der Waals surface area contributed by atoms with Crippen molar-refractivity contribution in [1.82, 2.24) is 10.6 Å². The number of piperidine rings is 2. The molecule has 1 unspecified atom stereocenters. The summed E-state index contributed by atoms with van der Waals surface area (Å²) in [6, 6.07) is 15.4. The molecule has 0 bridgehead atoms. The molecular formula is C25H29F3N4O2. The van der Waals surface area contributed by atoms with Crippen LogP contribution in [0.2, 0.25) is 0 Å². The summed E-state index contributed by atoms with van der Waals surface area (Å²) in [4.78, 5) is 25.5. The van der Waals surface area contributed by atoms with Crippen molar-refractivity contribution >= 4 is 28.9 Å². The van der Waals surface area contributed by atoms with E-state index in [4.69, 9.17) is 0 Å². The normalized spacial score (nSPS) is 19.4. The molecule has 0 aromatic heterocycles. The predicted molar refractivity (Wildman–Crippen MR) is 125 cm³/mol. The van der Waals surface area contributed by atoms with Crippen molar-refractivity contribution in [3.05, 3.63) is 54.1 Å². The van der Waals surface area contributed by atoms with Gasteiger partial charge in [-0.3, -0.25) is 9.59 Å². The first kappa shape index (κ1) is 23.9. The fourth-order valence-corrected chi connectivity index (χ4v) is 4.38. The van der Waals surface area contributed by atoms with E-state index >= 15 is 0 Å². The number of anilines is 3. The number of amides is 2. The molecule has 2 fully saturated rings. The number of nitrogens with one attached hydrogen (secondary N) is 3. The minimum absolute atomic E-state index is 0.00709. The van der Waals surface area contributed by atoms with Gasteiger partial charge in [0.1, 0.15) is 0 Å². The lowest BCUT2D eigenvalue weighted by atomic mass is 9.96. The van der Waals surface area contributed by atoms with E-state index in [1.54, 1.807) is 0 Å². The summed E-state index contributed by atoms with van der Waals surface area (Å²) in [5.74, 6) is -1.44. The zero-order valence-electron chi connectivity index (χ0n) is 18.8. The van der Waals surface area contributed by atoms with E-state index in [1.165, 1.54) is 0 Å². The van der Waals surface area contributed by atoms with Gasteiger partial charge in [-0.1, -0.05) is 12.1 Å². The number of carbonyl (C=O) groups is 2. The van der Waals surface area contributed by atoms with Crippen molar-refractivity contribution in [2.75, 3.05) is 29.9 Å². The molecule has 34 heavy (non-hydrogen) atoms. The van der Waals surface area contributed by atoms with Gasteiger partial charge in [-0.15, -0.1) is 0 Å². The molecule has 2 saturated heterocycles. The van der Waals surface area contributed by atoms with Crippen LogP contribution in [0, 0.1) is 11.8 Å². The third-order valence-corrected chi connectivity index (χ3v) is 6.54. The van der Waals surface area contributed by atoms with Crippen LogP contribution in [0.25, 0.3) is 0 Å². The Balaban J connectivity index is 1.24. The summed E-state index contributed by atoms with van der Waals surface area (Å²) in [5, 5.41) is 8.96. The number of alkyl halides is 3. The smallest absolute Gasteiger partial charge is 0.372 e. The van der Waals surface area contributed by atoms with E-state index in [0.717, 1.165) is 22.6 Å². The lowest BCUT2D eigenvalue weighted by Gasteiger charge is -2.34. The Bertz CT molecular complexity index is 975. The van der Waals surface area contributed by atoms with Crippen molar-refractivity contribution in [1.29, 1.82) is 0 Å². The molecule has 2 aromatic carbocycles. The van der Waals surface area contributed by atoms with Crippen LogP contribution in [-0.4, -0.2) is 37.6 Å². The standard InChI is InChI=1S/C25H29F3N4O2/c26-25(27,28)19-11-13-32(14-12-19)22-8-6-21(7-9-22)31-20-4-1-17(2-5-20)15-30-24(34)18-3-10-23(33)29-16-18/h1-2,4-9,18-19,31H,3,10-16H2,(H,29,33)(H,30,34). The number of hydrogen-bond acceptors (Lipinski definition) is 4. The number of nitrogens with zero attached hydrogens (tertiary/aromatic N) is 1. The monoisotopic (exact) mass is 474 g/mol. The molecule has 3 N–H and O–H groups in total. The lowest BCUT2D eigenvalue weighted by Crippen LogP contribution is -2.42. The topological polar surface area (TPSA) is 73.5 Å². The molecule has 0 spiro atoms. The van der Waals surface area contributed by atoms with Gasteiger partial charge in [0.15, 0.2) is 0 Å². The Morgan fingerprint density at radius 3 is 2.15 bits per heavy atom. The summed E-state index contributed by atoms with van der Waals surface area (Å²) in [7, 11) is 0. The van der Waals surface area contributed by atoms with Crippen molar-refractivity contribution in [3.63, 3.8) is 0 Å². The van der Waals surface area contributed by atoms with Crippen molar-refractivity contribution in [2.45, 2.75) is 38.4 Å². The Morgan fingerprint density at radius 1 is 0.971 bits per heavy atom. The van der Waals surface area contributed by atoms with Crippen LogP contribution < -0.4 is 20.9 Å². The second kappa shape index (κ2) is 10.4. The molecule has 182 valence electrons. The maximum atomic E-state index is 12.9. The van der Waals surface area contributed by atoms with Gasteiger partial charge in [0, 0.05) is 49.7 Å². The molecule has 2 aromatic rings.